The molecule has 2 aromatic carbocycles. The Morgan fingerprint density at radius 2 is 1.35 bits per heavy atom. The van der Waals surface area contributed by atoms with E-state index in [1.165, 1.54) is 48.5 Å². The number of aliphatic hydroxyl groups excluding tert-OH is 1. The normalized spacial score (nSPS) is 16.1. The first-order chi connectivity index (χ1) is 9.67. The van der Waals surface area contributed by atoms with Crippen molar-refractivity contribution in [3.05, 3.63) is 60.2 Å². The van der Waals surface area contributed by atoms with Crippen LogP contribution in [0.5, 0.6) is 11.5 Å². The highest BCUT2D eigenvalue weighted by Gasteiger charge is 2.19. The monoisotopic (exact) mass is 280 g/mol. The summed E-state index contributed by atoms with van der Waals surface area (Å²) in [5.74, 6) is 0.397. The molecule has 1 heterocycles. The van der Waals surface area contributed by atoms with Gasteiger partial charge in [0.05, 0.1) is 13.2 Å². The molecule has 1 fully saturated rings. The molecule has 106 valence electrons. The average Bonchev–Trinajstić information content (AvgIpc) is 3.29. The summed E-state index contributed by atoms with van der Waals surface area (Å²) in [6.45, 7) is 0.955. The van der Waals surface area contributed by atoms with Crippen molar-refractivity contribution >= 4 is 0 Å². The van der Waals surface area contributed by atoms with Gasteiger partial charge in [-0.15, -0.1) is 0 Å². The fraction of sp³-hybridized carbons (Fsp3) is 0.200. The number of ether oxygens (including phenoxy) is 2. The SMILES string of the molecule is Fc1ccc(Oc2ccc(F)cc2)cc1.OC[C@H]1CO1. The van der Waals surface area contributed by atoms with Crippen LogP contribution in [-0.4, -0.2) is 24.4 Å². The Labute approximate surface area is 115 Å². The predicted octanol–water partition coefficient (Wildman–Crippen LogP) is 3.13. The maximum atomic E-state index is 12.6. The van der Waals surface area contributed by atoms with Gasteiger partial charge < -0.3 is 14.6 Å². The lowest BCUT2D eigenvalue weighted by atomic mass is 10.3. The second-order valence-corrected chi connectivity index (χ2v) is 4.15. The van der Waals surface area contributed by atoms with Crippen molar-refractivity contribution in [3.63, 3.8) is 0 Å². The first kappa shape index (κ1) is 14.4. The van der Waals surface area contributed by atoms with Gasteiger partial charge in [0.15, 0.2) is 0 Å². The summed E-state index contributed by atoms with van der Waals surface area (Å²) in [4.78, 5) is 0. The molecule has 5 heteroatoms. The summed E-state index contributed by atoms with van der Waals surface area (Å²) >= 11 is 0. The van der Waals surface area contributed by atoms with Gasteiger partial charge in [0.2, 0.25) is 0 Å². The topological polar surface area (TPSA) is 42.0 Å². The van der Waals surface area contributed by atoms with Crippen molar-refractivity contribution < 1.29 is 23.4 Å². The molecule has 0 amide bonds. The lowest BCUT2D eigenvalue weighted by Crippen LogP contribution is -1.88. The van der Waals surface area contributed by atoms with Gasteiger partial charge in [0.1, 0.15) is 29.2 Å². The zero-order valence-corrected chi connectivity index (χ0v) is 10.6. The highest BCUT2D eigenvalue weighted by Crippen LogP contribution is 2.21. The maximum Gasteiger partial charge on any atom is 0.127 e. The predicted molar refractivity (Wildman–Crippen MR) is 69.7 cm³/mol. The largest absolute Gasteiger partial charge is 0.457 e. The number of rotatable bonds is 3. The lowest BCUT2D eigenvalue weighted by Gasteiger charge is -2.04. The van der Waals surface area contributed by atoms with Crippen molar-refractivity contribution in [1.29, 1.82) is 0 Å². The molecule has 20 heavy (non-hydrogen) atoms. The number of halogens is 2. The van der Waals surface area contributed by atoms with E-state index in [2.05, 4.69) is 4.74 Å². The van der Waals surface area contributed by atoms with E-state index < -0.39 is 0 Å². The van der Waals surface area contributed by atoms with Crippen LogP contribution >= 0.6 is 0 Å². The van der Waals surface area contributed by atoms with Gasteiger partial charge in [-0.2, -0.15) is 0 Å². The summed E-state index contributed by atoms with van der Waals surface area (Å²) < 4.78 is 35.1. The third kappa shape index (κ3) is 4.95. The summed E-state index contributed by atoms with van der Waals surface area (Å²) in [6.07, 6.45) is 0.190. The van der Waals surface area contributed by atoms with Crippen LogP contribution in [0.15, 0.2) is 48.5 Å². The minimum absolute atomic E-state index is 0.190. The molecule has 0 saturated carbocycles. The van der Waals surface area contributed by atoms with Crippen LogP contribution in [0, 0.1) is 11.6 Å². The Bertz CT molecular complexity index is 478. The molecular formula is C15H14F2O3. The molecule has 1 aliphatic heterocycles. The molecule has 3 nitrogen and oxygen atoms in total. The van der Waals surface area contributed by atoms with Crippen molar-refractivity contribution in [1.82, 2.24) is 0 Å². The summed E-state index contributed by atoms with van der Waals surface area (Å²) in [5, 5.41) is 8.08. The molecule has 0 unspecified atom stereocenters. The zero-order valence-electron chi connectivity index (χ0n) is 10.6. The Hall–Kier alpha value is -1.98. The Balaban J connectivity index is 0.000000247. The van der Waals surface area contributed by atoms with E-state index in [1.54, 1.807) is 0 Å². The summed E-state index contributed by atoms with van der Waals surface area (Å²) in [7, 11) is 0. The van der Waals surface area contributed by atoms with Crippen molar-refractivity contribution in [2.75, 3.05) is 13.2 Å². The Morgan fingerprint density at radius 3 is 1.60 bits per heavy atom. The fourth-order valence-corrected chi connectivity index (χ4v) is 1.31. The lowest BCUT2D eigenvalue weighted by molar-refractivity contribution is 0.244. The molecule has 0 aromatic heterocycles. The van der Waals surface area contributed by atoms with E-state index in [0.717, 1.165) is 6.61 Å². The molecule has 0 spiro atoms. The van der Waals surface area contributed by atoms with Gasteiger partial charge in [-0.3, -0.25) is 0 Å². The second kappa shape index (κ2) is 6.98. The van der Waals surface area contributed by atoms with E-state index in [1.807, 2.05) is 0 Å². The minimum Gasteiger partial charge on any atom is -0.457 e. The number of aliphatic hydroxyl groups is 1. The van der Waals surface area contributed by atoms with Crippen LogP contribution in [0.25, 0.3) is 0 Å². The molecule has 0 aliphatic carbocycles. The molecule has 3 rings (SSSR count). The van der Waals surface area contributed by atoms with Crippen LogP contribution in [-0.2, 0) is 4.74 Å². The Kier molecular flexibility index (Phi) is 5.03. The second-order valence-electron chi connectivity index (χ2n) is 4.15. The highest BCUT2D eigenvalue weighted by atomic mass is 19.1. The molecule has 2 aromatic rings. The minimum atomic E-state index is -0.318. The van der Waals surface area contributed by atoms with Crippen molar-refractivity contribution in [2.45, 2.75) is 6.10 Å². The molecule has 1 atom stereocenters. The fourth-order valence-electron chi connectivity index (χ4n) is 1.31. The summed E-state index contributed by atoms with van der Waals surface area (Å²) in [5.41, 5.74) is 0. The van der Waals surface area contributed by atoms with Gasteiger partial charge in [-0.05, 0) is 48.5 Å². The van der Waals surface area contributed by atoms with Crippen LogP contribution in [0.4, 0.5) is 8.78 Å². The third-order valence-corrected chi connectivity index (χ3v) is 2.47. The molecule has 0 bridgehead atoms. The van der Waals surface area contributed by atoms with E-state index in [9.17, 15) is 8.78 Å². The molecular weight excluding hydrogens is 266 g/mol. The first-order valence-electron chi connectivity index (χ1n) is 6.09. The number of hydrogen-bond donors (Lipinski definition) is 1. The average molecular weight is 280 g/mol. The maximum absolute atomic E-state index is 12.6. The number of hydrogen-bond acceptors (Lipinski definition) is 3. The van der Waals surface area contributed by atoms with E-state index in [4.69, 9.17) is 9.84 Å². The Morgan fingerprint density at radius 1 is 0.950 bits per heavy atom. The quantitative estimate of drug-likeness (QED) is 0.878. The van der Waals surface area contributed by atoms with Gasteiger partial charge >= 0.3 is 0 Å². The van der Waals surface area contributed by atoms with Crippen molar-refractivity contribution in [2.24, 2.45) is 0 Å². The van der Waals surface area contributed by atoms with Gasteiger partial charge in [-0.25, -0.2) is 8.78 Å². The smallest absolute Gasteiger partial charge is 0.127 e. The highest BCUT2D eigenvalue weighted by molar-refractivity contribution is 5.30. The summed E-state index contributed by atoms with van der Waals surface area (Å²) in [6, 6.07) is 11.3. The van der Waals surface area contributed by atoms with Crippen LogP contribution in [0.2, 0.25) is 0 Å². The van der Waals surface area contributed by atoms with Crippen LogP contribution in [0.1, 0.15) is 0 Å². The molecule has 1 N–H and O–H groups in total. The molecule has 0 radical (unpaired) electrons. The van der Waals surface area contributed by atoms with Gasteiger partial charge in [0.25, 0.3) is 0 Å². The number of epoxide rings is 1. The number of benzene rings is 2. The van der Waals surface area contributed by atoms with Crippen LogP contribution < -0.4 is 4.74 Å². The first-order valence-corrected chi connectivity index (χ1v) is 6.09. The van der Waals surface area contributed by atoms with E-state index >= 15 is 0 Å². The van der Waals surface area contributed by atoms with Gasteiger partial charge in [0, 0.05) is 0 Å². The standard InChI is InChI=1S/C12H8F2O.C3H6O2/c13-9-1-5-11(6-2-9)15-12-7-3-10(14)4-8-12;4-1-3-2-5-3/h1-8H;3-4H,1-2H2/t;3-/m.0/s1. The third-order valence-electron chi connectivity index (χ3n) is 2.47. The van der Waals surface area contributed by atoms with E-state index in [-0.39, 0.29) is 24.3 Å². The van der Waals surface area contributed by atoms with Crippen molar-refractivity contribution in [3.8, 4) is 11.5 Å². The molecule has 1 aliphatic rings. The zero-order chi connectivity index (χ0) is 14.4. The van der Waals surface area contributed by atoms with E-state index in [0.29, 0.717) is 11.5 Å². The molecule has 1 saturated heterocycles. The van der Waals surface area contributed by atoms with Crippen LogP contribution in [0.3, 0.4) is 0 Å². The van der Waals surface area contributed by atoms with Gasteiger partial charge in [-0.1, -0.05) is 0 Å².